The van der Waals surface area contributed by atoms with Crippen molar-refractivity contribution in [2.75, 3.05) is 32.7 Å². The standard InChI is InChI=1S/C28H28N4O/c1-2-15-31-16-18-32(19-17-31)28(33)23-13-14-24-25(20-23)30-27(22-11-7-4-8-12-22)26(29-24)21-9-5-3-6-10-21/h3-14,20H,2,15-19H2,1H3. The second-order valence-electron chi connectivity index (χ2n) is 8.49. The normalized spacial score (nSPS) is 14.5. The Balaban J connectivity index is 1.51. The summed E-state index contributed by atoms with van der Waals surface area (Å²) in [6, 6.07) is 25.9. The van der Waals surface area contributed by atoms with Crippen LogP contribution in [0.3, 0.4) is 0 Å². The molecule has 4 aromatic rings. The summed E-state index contributed by atoms with van der Waals surface area (Å²) in [4.78, 5) is 27.6. The van der Waals surface area contributed by atoms with Gasteiger partial charge in [0.25, 0.3) is 5.91 Å². The molecule has 0 N–H and O–H groups in total. The lowest BCUT2D eigenvalue weighted by Gasteiger charge is -2.34. The van der Waals surface area contributed by atoms with E-state index in [2.05, 4.69) is 24.0 Å². The number of benzene rings is 3. The van der Waals surface area contributed by atoms with Crippen LogP contribution in [-0.2, 0) is 0 Å². The van der Waals surface area contributed by atoms with E-state index >= 15 is 0 Å². The molecule has 1 saturated heterocycles. The maximum absolute atomic E-state index is 13.2. The molecule has 2 heterocycles. The molecule has 0 atom stereocenters. The molecule has 0 radical (unpaired) electrons. The van der Waals surface area contributed by atoms with Crippen molar-refractivity contribution in [3.63, 3.8) is 0 Å². The van der Waals surface area contributed by atoms with Crippen molar-refractivity contribution in [1.29, 1.82) is 0 Å². The highest BCUT2D eigenvalue weighted by Gasteiger charge is 2.22. The fourth-order valence-corrected chi connectivity index (χ4v) is 4.46. The molecule has 1 fully saturated rings. The first-order valence-electron chi connectivity index (χ1n) is 11.7. The van der Waals surface area contributed by atoms with E-state index in [0.717, 1.165) is 72.7 Å². The van der Waals surface area contributed by atoms with Crippen LogP contribution in [0, 0.1) is 0 Å². The van der Waals surface area contributed by atoms with Gasteiger partial charge in [-0.05, 0) is 31.2 Å². The zero-order chi connectivity index (χ0) is 22.6. The number of hydrogen-bond acceptors (Lipinski definition) is 4. The number of rotatable bonds is 5. The number of nitrogens with zero attached hydrogens (tertiary/aromatic N) is 4. The zero-order valence-corrected chi connectivity index (χ0v) is 18.9. The van der Waals surface area contributed by atoms with Crippen LogP contribution >= 0.6 is 0 Å². The van der Waals surface area contributed by atoms with Gasteiger partial charge in [-0.2, -0.15) is 0 Å². The van der Waals surface area contributed by atoms with Crippen LogP contribution in [0.5, 0.6) is 0 Å². The van der Waals surface area contributed by atoms with Crippen LogP contribution < -0.4 is 0 Å². The lowest BCUT2D eigenvalue weighted by atomic mass is 10.0. The van der Waals surface area contributed by atoms with E-state index in [9.17, 15) is 4.79 Å². The molecule has 5 rings (SSSR count). The second-order valence-corrected chi connectivity index (χ2v) is 8.49. The molecular weight excluding hydrogens is 408 g/mol. The third kappa shape index (κ3) is 4.50. The quantitative estimate of drug-likeness (QED) is 0.435. The Morgan fingerprint density at radius 1 is 0.758 bits per heavy atom. The molecule has 3 aromatic carbocycles. The highest BCUT2D eigenvalue weighted by molar-refractivity contribution is 5.98. The maximum Gasteiger partial charge on any atom is 0.254 e. The summed E-state index contributed by atoms with van der Waals surface area (Å²) < 4.78 is 0. The monoisotopic (exact) mass is 436 g/mol. The van der Waals surface area contributed by atoms with Gasteiger partial charge in [-0.25, -0.2) is 9.97 Å². The number of aromatic nitrogens is 2. The van der Waals surface area contributed by atoms with Crippen LogP contribution in [0.1, 0.15) is 23.7 Å². The summed E-state index contributed by atoms with van der Waals surface area (Å²) in [5, 5.41) is 0. The van der Waals surface area contributed by atoms with Gasteiger partial charge in [-0.3, -0.25) is 9.69 Å². The fourth-order valence-electron chi connectivity index (χ4n) is 4.46. The SMILES string of the molecule is CCCN1CCN(C(=O)c2ccc3nc(-c4ccccc4)c(-c4ccccc4)nc3c2)CC1. The van der Waals surface area contributed by atoms with E-state index in [1.165, 1.54) is 0 Å². The first-order chi connectivity index (χ1) is 16.2. The molecule has 5 nitrogen and oxygen atoms in total. The smallest absolute Gasteiger partial charge is 0.254 e. The van der Waals surface area contributed by atoms with E-state index in [1.54, 1.807) is 0 Å². The average Bonchev–Trinajstić information content (AvgIpc) is 2.89. The summed E-state index contributed by atoms with van der Waals surface area (Å²) in [5.74, 6) is 0.0724. The van der Waals surface area contributed by atoms with E-state index in [-0.39, 0.29) is 5.91 Å². The predicted octanol–water partition coefficient (Wildman–Crippen LogP) is 5.13. The lowest BCUT2D eigenvalue weighted by Crippen LogP contribution is -2.48. The molecule has 1 amide bonds. The van der Waals surface area contributed by atoms with Crippen molar-refractivity contribution >= 4 is 16.9 Å². The average molecular weight is 437 g/mol. The molecule has 33 heavy (non-hydrogen) atoms. The number of carbonyl (C=O) groups excluding carboxylic acids is 1. The lowest BCUT2D eigenvalue weighted by molar-refractivity contribution is 0.0637. The van der Waals surface area contributed by atoms with E-state index < -0.39 is 0 Å². The highest BCUT2D eigenvalue weighted by atomic mass is 16.2. The maximum atomic E-state index is 13.2. The minimum atomic E-state index is 0.0724. The van der Waals surface area contributed by atoms with Crippen molar-refractivity contribution < 1.29 is 4.79 Å². The first-order valence-corrected chi connectivity index (χ1v) is 11.7. The molecule has 0 bridgehead atoms. The molecular formula is C28H28N4O. The molecule has 0 unspecified atom stereocenters. The molecule has 166 valence electrons. The molecule has 1 aliphatic heterocycles. The Morgan fingerprint density at radius 2 is 1.33 bits per heavy atom. The van der Waals surface area contributed by atoms with Gasteiger partial charge >= 0.3 is 0 Å². The van der Waals surface area contributed by atoms with E-state index in [0.29, 0.717) is 5.56 Å². The zero-order valence-electron chi connectivity index (χ0n) is 18.9. The molecule has 1 aliphatic rings. The Kier molecular flexibility index (Phi) is 6.13. The van der Waals surface area contributed by atoms with Gasteiger partial charge in [0.15, 0.2) is 0 Å². The number of carbonyl (C=O) groups is 1. The number of amides is 1. The van der Waals surface area contributed by atoms with Crippen molar-refractivity contribution in [1.82, 2.24) is 19.8 Å². The summed E-state index contributed by atoms with van der Waals surface area (Å²) in [6.45, 7) is 6.70. The minimum Gasteiger partial charge on any atom is -0.336 e. The fraction of sp³-hybridized carbons (Fsp3) is 0.250. The van der Waals surface area contributed by atoms with Crippen LogP contribution in [0.15, 0.2) is 78.9 Å². The molecule has 0 spiro atoms. The second kappa shape index (κ2) is 9.51. The summed E-state index contributed by atoms with van der Waals surface area (Å²) in [7, 11) is 0. The van der Waals surface area contributed by atoms with Crippen molar-refractivity contribution in [2.45, 2.75) is 13.3 Å². The largest absolute Gasteiger partial charge is 0.336 e. The van der Waals surface area contributed by atoms with Gasteiger partial charge in [0, 0.05) is 42.9 Å². The summed E-state index contributed by atoms with van der Waals surface area (Å²) in [5.41, 5.74) is 5.91. The van der Waals surface area contributed by atoms with Gasteiger partial charge in [-0.15, -0.1) is 0 Å². The third-order valence-electron chi connectivity index (χ3n) is 6.20. The van der Waals surface area contributed by atoms with Gasteiger partial charge in [-0.1, -0.05) is 67.6 Å². The third-order valence-corrected chi connectivity index (χ3v) is 6.20. The van der Waals surface area contributed by atoms with E-state index in [1.807, 2.05) is 71.6 Å². The number of piperazine rings is 1. The Hall–Kier alpha value is -3.57. The molecule has 0 saturated carbocycles. The number of hydrogen-bond donors (Lipinski definition) is 0. The van der Waals surface area contributed by atoms with Gasteiger partial charge < -0.3 is 4.90 Å². The van der Waals surface area contributed by atoms with Crippen LogP contribution in [0.25, 0.3) is 33.5 Å². The minimum absolute atomic E-state index is 0.0724. The van der Waals surface area contributed by atoms with Crippen LogP contribution in [0.2, 0.25) is 0 Å². The highest BCUT2D eigenvalue weighted by Crippen LogP contribution is 2.31. The molecule has 1 aromatic heterocycles. The van der Waals surface area contributed by atoms with Crippen molar-refractivity contribution in [3.05, 3.63) is 84.4 Å². The van der Waals surface area contributed by atoms with Crippen LogP contribution in [-0.4, -0.2) is 58.4 Å². The van der Waals surface area contributed by atoms with Crippen molar-refractivity contribution in [3.8, 4) is 22.5 Å². The topological polar surface area (TPSA) is 49.3 Å². The van der Waals surface area contributed by atoms with Crippen LogP contribution in [0.4, 0.5) is 0 Å². The summed E-state index contributed by atoms with van der Waals surface area (Å²) in [6.07, 6.45) is 1.14. The molecule has 0 aliphatic carbocycles. The Bertz CT molecular complexity index is 1250. The van der Waals surface area contributed by atoms with E-state index in [4.69, 9.17) is 9.97 Å². The number of fused-ring (bicyclic) bond motifs is 1. The van der Waals surface area contributed by atoms with Crippen molar-refractivity contribution in [2.24, 2.45) is 0 Å². The van der Waals surface area contributed by atoms with Gasteiger partial charge in [0.05, 0.1) is 22.4 Å². The first kappa shape index (κ1) is 21.3. The predicted molar refractivity (Wildman–Crippen MR) is 133 cm³/mol. The Labute approximate surface area is 194 Å². The Morgan fingerprint density at radius 3 is 1.91 bits per heavy atom. The molecule has 5 heteroatoms. The van der Waals surface area contributed by atoms with Gasteiger partial charge in [0.2, 0.25) is 0 Å². The summed E-state index contributed by atoms with van der Waals surface area (Å²) >= 11 is 0. The van der Waals surface area contributed by atoms with Gasteiger partial charge in [0.1, 0.15) is 0 Å².